The molecule has 1 aromatic heterocycles. The van der Waals surface area contributed by atoms with E-state index in [1.54, 1.807) is 12.1 Å². The lowest BCUT2D eigenvalue weighted by atomic mass is 10.2. The number of carbonyl (C=O) groups is 1. The maximum absolute atomic E-state index is 12.2. The maximum atomic E-state index is 12.2. The third-order valence-corrected chi connectivity index (χ3v) is 4.61. The van der Waals surface area contributed by atoms with E-state index in [1.165, 1.54) is 11.1 Å². The topological polar surface area (TPSA) is 58.9 Å². The number of pyridine rings is 1. The second-order valence-corrected chi connectivity index (χ2v) is 6.66. The van der Waals surface area contributed by atoms with Gasteiger partial charge < -0.3 is 19.9 Å². The highest BCUT2D eigenvalue weighted by molar-refractivity contribution is 6.30. The molecule has 2 heterocycles. The van der Waals surface area contributed by atoms with Gasteiger partial charge in [-0.2, -0.15) is 0 Å². The number of ether oxygens (including phenoxy) is 1. The van der Waals surface area contributed by atoms with Crippen molar-refractivity contribution in [2.45, 2.75) is 6.92 Å². The van der Waals surface area contributed by atoms with Crippen LogP contribution in [0.2, 0.25) is 5.02 Å². The van der Waals surface area contributed by atoms with Gasteiger partial charge in [0.1, 0.15) is 11.6 Å². The first kappa shape index (κ1) is 18.5. The number of quaternary nitrogens is 1. The monoisotopic (exact) mass is 375 g/mol. The second-order valence-electron chi connectivity index (χ2n) is 6.22. The second kappa shape index (κ2) is 8.87. The minimum absolute atomic E-state index is 0.0296. The Kier molecular flexibility index (Phi) is 6.30. The minimum atomic E-state index is -0.0296. The Labute approximate surface area is 158 Å². The summed E-state index contributed by atoms with van der Waals surface area (Å²) in [5.41, 5.74) is 1.13. The van der Waals surface area contributed by atoms with Gasteiger partial charge in [0.25, 0.3) is 5.91 Å². The number of hydrogen-bond donors (Lipinski definition) is 2. The van der Waals surface area contributed by atoms with Crippen molar-refractivity contribution >= 4 is 29.0 Å². The number of nitrogens with one attached hydrogen (secondary N) is 2. The van der Waals surface area contributed by atoms with Gasteiger partial charge in [-0.3, -0.25) is 4.79 Å². The van der Waals surface area contributed by atoms with Gasteiger partial charge in [-0.25, -0.2) is 4.98 Å². The third-order valence-electron chi connectivity index (χ3n) is 4.38. The van der Waals surface area contributed by atoms with Gasteiger partial charge in [0.2, 0.25) is 0 Å². The molecule has 0 aliphatic carbocycles. The molecular formula is C19H24ClN4O2+. The molecule has 0 unspecified atom stereocenters. The Bertz CT molecular complexity index is 731. The van der Waals surface area contributed by atoms with Crippen molar-refractivity contribution in [2.24, 2.45) is 0 Å². The number of amides is 1. The highest BCUT2D eigenvalue weighted by Crippen LogP contribution is 2.27. The van der Waals surface area contributed by atoms with Crippen molar-refractivity contribution < 1.29 is 14.4 Å². The third kappa shape index (κ3) is 4.86. The van der Waals surface area contributed by atoms with Crippen molar-refractivity contribution in [2.75, 3.05) is 49.5 Å². The lowest BCUT2D eigenvalue weighted by molar-refractivity contribution is -0.892. The van der Waals surface area contributed by atoms with E-state index in [0.717, 1.165) is 37.6 Å². The Morgan fingerprint density at radius 3 is 2.73 bits per heavy atom. The van der Waals surface area contributed by atoms with E-state index in [9.17, 15) is 4.79 Å². The maximum Gasteiger partial charge on any atom is 0.280 e. The van der Waals surface area contributed by atoms with Gasteiger partial charge in [0.15, 0.2) is 6.54 Å². The first-order valence-corrected chi connectivity index (χ1v) is 9.25. The zero-order valence-corrected chi connectivity index (χ0v) is 15.6. The summed E-state index contributed by atoms with van der Waals surface area (Å²) in [4.78, 5) is 19.9. The lowest BCUT2D eigenvalue weighted by Gasteiger charge is -2.34. The molecule has 0 atom stereocenters. The summed E-state index contributed by atoms with van der Waals surface area (Å²) >= 11 is 5.81. The molecule has 138 valence electrons. The number of piperazine rings is 1. The quantitative estimate of drug-likeness (QED) is 0.803. The first-order valence-electron chi connectivity index (χ1n) is 8.87. The highest BCUT2D eigenvalue weighted by atomic mass is 35.5. The van der Waals surface area contributed by atoms with Gasteiger partial charge >= 0.3 is 0 Å². The Morgan fingerprint density at radius 2 is 2.04 bits per heavy atom. The normalized spacial score (nSPS) is 14.9. The summed E-state index contributed by atoms with van der Waals surface area (Å²) < 4.78 is 5.73. The highest BCUT2D eigenvalue weighted by Gasteiger charge is 2.24. The molecule has 1 fully saturated rings. The fourth-order valence-corrected chi connectivity index (χ4v) is 3.21. The average molecular weight is 376 g/mol. The summed E-state index contributed by atoms with van der Waals surface area (Å²) in [5.74, 6) is 1.42. The van der Waals surface area contributed by atoms with Crippen LogP contribution in [0.5, 0.6) is 5.75 Å². The molecule has 0 radical (unpaired) electrons. The van der Waals surface area contributed by atoms with Crippen LogP contribution in [0.4, 0.5) is 11.5 Å². The number of rotatable bonds is 6. The molecule has 0 spiro atoms. The molecule has 1 saturated heterocycles. The number of benzene rings is 1. The molecule has 1 aliphatic heterocycles. The number of halogens is 1. The van der Waals surface area contributed by atoms with Gasteiger partial charge in [0, 0.05) is 6.20 Å². The van der Waals surface area contributed by atoms with Crippen LogP contribution in [0.25, 0.3) is 0 Å². The standard InChI is InChI=1S/C19H23ClN4O2/c1-2-26-17-6-4-3-5-16(17)24-11-9-23(10-12-24)14-19(25)22-18-8-7-15(20)13-21-18/h3-8,13H,2,9-12,14H2,1H3,(H,21,22,25)/p+1. The number of nitrogens with zero attached hydrogens (tertiary/aromatic N) is 2. The molecule has 26 heavy (non-hydrogen) atoms. The summed E-state index contributed by atoms with van der Waals surface area (Å²) in [5, 5.41) is 3.37. The number of para-hydroxylation sites is 2. The van der Waals surface area contributed by atoms with E-state index in [0.29, 0.717) is 24.0 Å². The lowest BCUT2D eigenvalue weighted by Crippen LogP contribution is -3.15. The number of hydrogen-bond acceptors (Lipinski definition) is 4. The molecule has 1 aromatic carbocycles. The smallest absolute Gasteiger partial charge is 0.280 e. The zero-order chi connectivity index (χ0) is 18.4. The average Bonchev–Trinajstić information content (AvgIpc) is 2.65. The number of anilines is 2. The van der Waals surface area contributed by atoms with Crippen molar-refractivity contribution in [3.05, 3.63) is 47.6 Å². The molecule has 2 aromatic rings. The van der Waals surface area contributed by atoms with Gasteiger partial charge in [0.05, 0.1) is 43.5 Å². The fraction of sp³-hybridized carbons (Fsp3) is 0.368. The summed E-state index contributed by atoms with van der Waals surface area (Å²) in [6, 6.07) is 11.5. The predicted octanol–water partition coefficient (Wildman–Crippen LogP) is 1.48. The van der Waals surface area contributed by atoms with E-state index >= 15 is 0 Å². The Balaban J connectivity index is 1.51. The van der Waals surface area contributed by atoms with Crippen LogP contribution in [0.3, 0.4) is 0 Å². The molecular weight excluding hydrogens is 352 g/mol. The van der Waals surface area contributed by atoms with Crippen molar-refractivity contribution in [3.63, 3.8) is 0 Å². The fourth-order valence-electron chi connectivity index (χ4n) is 3.10. The Morgan fingerprint density at radius 1 is 1.27 bits per heavy atom. The first-order chi connectivity index (χ1) is 12.7. The Hall–Kier alpha value is -2.31. The summed E-state index contributed by atoms with van der Waals surface area (Å²) in [7, 11) is 0. The van der Waals surface area contributed by atoms with E-state index in [2.05, 4.69) is 21.3 Å². The molecule has 6 nitrogen and oxygen atoms in total. The van der Waals surface area contributed by atoms with Crippen molar-refractivity contribution in [1.29, 1.82) is 0 Å². The molecule has 0 bridgehead atoms. The van der Waals surface area contributed by atoms with E-state index in [-0.39, 0.29) is 5.91 Å². The van der Waals surface area contributed by atoms with Crippen LogP contribution < -0.4 is 19.9 Å². The van der Waals surface area contributed by atoms with Crippen LogP contribution in [-0.2, 0) is 4.79 Å². The van der Waals surface area contributed by atoms with Crippen LogP contribution in [-0.4, -0.2) is 50.2 Å². The molecule has 1 aliphatic rings. The summed E-state index contributed by atoms with van der Waals surface area (Å²) in [6.07, 6.45) is 1.53. The van der Waals surface area contributed by atoms with Crippen molar-refractivity contribution in [3.8, 4) is 5.75 Å². The van der Waals surface area contributed by atoms with Crippen molar-refractivity contribution in [1.82, 2.24) is 4.98 Å². The SMILES string of the molecule is CCOc1ccccc1N1CC[NH+](CC(=O)Nc2ccc(Cl)cn2)CC1. The predicted molar refractivity (Wildman–Crippen MR) is 103 cm³/mol. The van der Waals surface area contributed by atoms with Crippen LogP contribution in [0.15, 0.2) is 42.6 Å². The van der Waals surface area contributed by atoms with Gasteiger partial charge in [-0.1, -0.05) is 23.7 Å². The van der Waals surface area contributed by atoms with E-state index < -0.39 is 0 Å². The minimum Gasteiger partial charge on any atom is -0.492 e. The number of carbonyl (C=O) groups excluding carboxylic acids is 1. The van der Waals surface area contributed by atoms with E-state index in [1.807, 2.05) is 25.1 Å². The molecule has 7 heteroatoms. The molecule has 2 N–H and O–H groups in total. The number of aromatic nitrogens is 1. The molecule has 0 saturated carbocycles. The van der Waals surface area contributed by atoms with E-state index in [4.69, 9.17) is 16.3 Å². The van der Waals surface area contributed by atoms with Gasteiger partial charge in [-0.05, 0) is 31.2 Å². The van der Waals surface area contributed by atoms with Gasteiger partial charge in [-0.15, -0.1) is 0 Å². The van der Waals surface area contributed by atoms with Crippen LogP contribution in [0, 0.1) is 0 Å². The molecule has 3 rings (SSSR count). The van der Waals surface area contributed by atoms with Crippen LogP contribution >= 0.6 is 11.6 Å². The zero-order valence-electron chi connectivity index (χ0n) is 14.9. The molecule has 1 amide bonds. The largest absolute Gasteiger partial charge is 0.492 e. The summed E-state index contributed by atoms with van der Waals surface area (Å²) in [6.45, 7) is 6.68. The van der Waals surface area contributed by atoms with Crippen LogP contribution in [0.1, 0.15) is 6.92 Å².